The minimum absolute atomic E-state index is 0.0431. The standard InChI is InChI=1S/C16H32N4O2/c1-12(2)10-14(18-16(22)17-11-13(3)4)15(21)20-8-6-19(5)7-9-20/h12-14H,6-11H2,1-5H3,(H2,17,18,22). The number of rotatable bonds is 6. The van der Waals surface area contributed by atoms with Crippen molar-refractivity contribution in [1.82, 2.24) is 20.4 Å². The van der Waals surface area contributed by atoms with Crippen molar-refractivity contribution in [3.8, 4) is 0 Å². The van der Waals surface area contributed by atoms with Gasteiger partial charge in [0, 0.05) is 32.7 Å². The molecule has 1 aliphatic rings. The molecule has 2 N–H and O–H groups in total. The van der Waals surface area contributed by atoms with E-state index in [1.165, 1.54) is 0 Å². The maximum Gasteiger partial charge on any atom is 0.315 e. The van der Waals surface area contributed by atoms with Gasteiger partial charge >= 0.3 is 6.03 Å². The van der Waals surface area contributed by atoms with Gasteiger partial charge < -0.3 is 20.4 Å². The molecule has 1 aliphatic heterocycles. The molecule has 6 heteroatoms. The third-order valence-corrected chi connectivity index (χ3v) is 3.80. The van der Waals surface area contributed by atoms with Crippen molar-refractivity contribution in [1.29, 1.82) is 0 Å². The largest absolute Gasteiger partial charge is 0.338 e. The van der Waals surface area contributed by atoms with Crippen molar-refractivity contribution in [2.24, 2.45) is 11.8 Å². The lowest BCUT2D eigenvalue weighted by Crippen LogP contribution is -2.56. The van der Waals surface area contributed by atoms with Gasteiger partial charge in [0.1, 0.15) is 6.04 Å². The molecule has 0 aromatic heterocycles. The number of hydrogen-bond donors (Lipinski definition) is 2. The summed E-state index contributed by atoms with van der Waals surface area (Å²) in [5.74, 6) is 0.788. The fourth-order valence-corrected chi connectivity index (χ4v) is 2.45. The van der Waals surface area contributed by atoms with E-state index in [9.17, 15) is 9.59 Å². The van der Waals surface area contributed by atoms with Crippen molar-refractivity contribution >= 4 is 11.9 Å². The molecule has 6 nitrogen and oxygen atoms in total. The molecule has 1 heterocycles. The van der Waals surface area contributed by atoms with Crippen molar-refractivity contribution in [3.63, 3.8) is 0 Å². The molecule has 0 radical (unpaired) electrons. The highest BCUT2D eigenvalue weighted by molar-refractivity contribution is 5.87. The summed E-state index contributed by atoms with van der Waals surface area (Å²) < 4.78 is 0. The highest BCUT2D eigenvalue weighted by Gasteiger charge is 2.28. The molecule has 3 amide bonds. The number of piperazine rings is 1. The van der Waals surface area contributed by atoms with E-state index < -0.39 is 6.04 Å². The Morgan fingerprint density at radius 2 is 1.59 bits per heavy atom. The molecule has 1 unspecified atom stereocenters. The summed E-state index contributed by atoms with van der Waals surface area (Å²) in [5.41, 5.74) is 0. The molecule has 0 bridgehead atoms. The summed E-state index contributed by atoms with van der Waals surface area (Å²) in [6.07, 6.45) is 0.667. The fraction of sp³-hybridized carbons (Fsp3) is 0.875. The molecule has 0 spiro atoms. The van der Waals surface area contributed by atoms with Crippen LogP contribution in [0.4, 0.5) is 4.79 Å². The van der Waals surface area contributed by atoms with Crippen LogP contribution in [0.2, 0.25) is 0 Å². The average molecular weight is 312 g/mol. The topological polar surface area (TPSA) is 64.7 Å². The number of carbonyl (C=O) groups is 2. The lowest BCUT2D eigenvalue weighted by atomic mass is 10.0. The highest BCUT2D eigenvalue weighted by atomic mass is 16.2. The number of hydrogen-bond acceptors (Lipinski definition) is 3. The summed E-state index contributed by atoms with van der Waals surface area (Å²) in [5, 5.41) is 5.68. The van der Waals surface area contributed by atoms with Crippen LogP contribution in [0.15, 0.2) is 0 Å². The summed E-state index contributed by atoms with van der Waals surface area (Å²) in [6, 6.07) is -0.683. The predicted molar refractivity (Wildman–Crippen MR) is 88.7 cm³/mol. The molecule has 1 saturated heterocycles. The van der Waals surface area contributed by atoms with Gasteiger partial charge in [0.2, 0.25) is 5.91 Å². The molecule has 22 heavy (non-hydrogen) atoms. The van der Waals surface area contributed by atoms with Crippen LogP contribution in [0.5, 0.6) is 0 Å². The SMILES string of the molecule is CC(C)CNC(=O)NC(CC(C)C)C(=O)N1CCN(C)CC1. The molecule has 1 rings (SSSR count). The van der Waals surface area contributed by atoms with Crippen molar-refractivity contribution < 1.29 is 9.59 Å². The molecular weight excluding hydrogens is 280 g/mol. The van der Waals surface area contributed by atoms with Crippen LogP contribution in [-0.4, -0.2) is 67.6 Å². The fourth-order valence-electron chi connectivity index (χ4n) is 2.45. The maximum absolute atomic E-state index is 12.7. The Balaban J connectivity index is 2.58. The van der Waals surface area contributed by atoms with Crippen molar-refractivity contribution in [2.75, 3.05) is 39.8 Å². The second-order valence-corrected chi connectivity index (χ2v) is 7.06. The monoisotopic (exact) mass is 312 g/mol. The molecule has 1 fully saturated rings. The van der Waals surface area contributed by atoms with E-state index in [1.54, 1.807) is 0 Å². The number of urea groups is 1. The molecule has 0 aromatic carbocycles. The van der Waals surface area contributed by atoms with Gasteiger partial charge in [0.15, 0.2) is 0 Å². The Hall–Kier alpha value is -1.30. The van der Waals surface area contributed by atoms with Gasteiger partial charge in [-0.2, -0.15) is 0 Å². The first-order valence-electron chi connectivity index (χ1n) is 8.31. The van der Waals surface area contributed by atoms with Crippen LogP contribution in [0, 0.1) is 11.8 Å². The van der Waals surface area contributed by atoms with E-state index in [1.807, 2.05) is 18.7 Å². The van der Waals surface area contributed by atoms with Gasteiger partial charge in [-0.25, -0.2) is 4.79 Å². The average Bonchev–Trinajstić information content (AvgIpc) is 2.44. The van der Waals surface area contributed by atoms with Gasteiger partial charge in [-0.05, 0) is 25.3 Å². The first-order valence-corrected chi connectivity index (χ1v) is 8.31. The number of amides is 3. The van der Waals surface area contributed by atoms with Crippen molar-refractivity contribution in [3.05, 3.63) is 0 Å². The van der Waals surface area contributed by atoms with Gasteiger partial charge in [0.25, 0.3) is 0 Å². The molecular formula is C16H32N4O2. The Labute approximate surface area is 134 Å². The minimum atomic E-state index is -0.435. The first-order chi connectivity index (χ1) is 10.3. The van der Waals surface area contributed by atoms with Gasteiger partial charge in [-0.3, -0.25) is 4.79 Å². The number of nitrogens with zero attached hydrogens (tertiary/aromatic N) is 2. The normalized spacial score (nSPS) is 17.7. The van der Waals surface area contributed by atoms with Crippen LogP contribution in [0.25, 0.3) is 0 Å². The Morgan fingerprint density at radius 1 is 1.00 bits per heavy atom. The number of nitrogens with one attached hydrogen (secondary N) is 2. The van der Waals surface area contributed by atoms with E-state index >= 15 is 0 Å². The van der Waals surface area contributed by atoms with Crippen LogP contribution >= 0.6 is 0 Å². The van der Waals surface area contributed by atoms with Gasteiger partial charge in [-0.15, -0.1) is 0 Å². The predicted octanol–water partition coefficient (Wildman–Crippen LogP) is 1.13. The smallest absolute Gasteiger partial charge is 0.315 e. The molecule has 128 valence electrons. The van der Waals surface area contributed by atoms with E-state index in [0.717, 1.165) is 26.2 Å². The summed E-state index contributed by atoms with van der Waals surface area (Å²) in [6.45, 7) is 12.1. The quantitative estimate of drug-likeness (QED) is 0.773. The molecule has 1 atom stereocenters. The first kappa shape index (κ1) is 18.7. The molecule has 0 saturated carbocycles. The summed E-state index contributed by atoms with van der Waals surface area (Å²) in [4.78, 5) is 28.7. The minimum Gasteiger partial charge on any atom is -0.338 e. The van der Waals surface area contributed by atoms with Crippen molar-refractivity contribution in [2.45, 2.75) is 40.2 Å². The van der Waals surface area contributed by atoms with Crippen LogP contribution in [0.1, 0.15) is 34.1 Å². The third kappa shape index (κ3) is 6.64. The molecule has 0 aliphatic carbocycles. The number of likely N-dealkylation sites (N-methyl/N-ethyl adjacent to an activating group) is 1. The third-order valence-electron chi connectivity index (χ3n) is 3.80. The summed E-state index contributed by atoms with van der Waals surface area (Å²) in [7, 11) is 2.06. The van der Waals surface area contributed by atoms with Gasteiger partial charge in [-0.1, -0.05) is 27.7 Å². The van der Waals surface area contributed by atoms with E-state index in [0.29, 0.717) is 24.8 Å². The molecule has 0 aromatic rings. The zero-order valence-corrected chi connectivity index (χ0v) is 14.7. The van der Waals surface area contributed by atoms with E-state index in [-0.39, 0.29) is 11.9 Å². The maximum atomic E-state index is 12.7. The van der Waals surface area contributed by atoms with E-state index in [2.05, 4.69) is 36.4 Å². The summed E-state index contributed by atoms with van der Waals surface area (Å²) >= 11 is 0. The highest BCUT2D eigenvalue weighted by Crippen LogP contribution is 2.10. The second kappa shape index (κ2) is 8.98. The number of carbonyl (C=O) groups excluding carboxylic acids is 2. The second-order valence-electron chi connectivity index (χ2n) is 7.06. The van der Waals surface area contributed by atoms with Crippen LogP contribution in [0.3, 0.4) is 0 Å². The van der Waals surface area contributed by atoms with Gasteiger partial charge in [0.05, 0.1) is 0 Å². The zero-order valence-electron chi connectivity index (χ0n) is 14.7. The Morgan fingerprint density at radius 3 is 2.09 bits per heavy atom. The van der Waals surface area contributed by atoms with E-state index in [4.69, 9.17) is 0 Å². The zero-order chi connectivity index (χ0) is 16.7. The van der Waals surface area contributed by atoms with Crippen LogP contribution < -0.4 is 10.6 Å². The lowest BCUT2D eigenvalue weighted by Gasteiger charge is -2.35. The lowest BCUT2D eigenvalue weighted by molar-refractivity contribution is -0.135. The Bertz CT molecular complexity index is 363. The van der Waals surface area contributed by atoms with Crippen LogP contribution in [-0.2, 0) is 4.79 Å². The Kier molecular flexibility index (Phi) is 7.65.